The fourth-order valence-electron chi connectivity index (χ4n) is 3.13. The zero-order valence-electron chi connectivity index (χ0n) is 13.9. The van der Waals surface area contributed by atoms with E-state index in [1.54, 1.807) is 0 Å². The molecule has 0 spiro atoms. The third-order valence-corrected chi connectivity index (χ3v) is 4.59. The molecule has 1 N–H and O–H groups in total. The van der Waals surface area contributed by atoms with E-state index in [4.69, 9.17) is 4.74 Å². The normalized spacial score (nSPS) is 25.0. The van der Waals surface area contributed by atoms with Crippen molar-refractivity contribution in [2.75, 3.05) is 26.7 Å². The Balaban J connectivity index is 1.93. The van der Waals surface area contributed by atoms with E-state index in [0.29, 0.717) is 18.2 Å². The lowest BCUT2D eigenvalue weighted by atomic mass is 10.0. The number of hydrogen-bond donors (Lipinski definition) is 1. The van der Waals surface area contributed by atoms with Crippen molar-refractivity contribution in [2.45, 2.75) is 51.8 Å². The fourth-order valence-corrected chi connectivity index (χ4v) is 3.13. The molecule has 0 amide bonds. The first-order valence-electron chi connectivity index (χ1n) is 8.23. The summed E-state index contributed by atoms with van der Waals surface area (Å²) in [6, 6.07) is 9.90. The van der Waals surface area contributed by atoms with Gasteiger partial charge in [-0.15, -0.1) is 0 Å². The smallest absolute Gasteiger partial charge is 0.0674 e. The molecule has 1 saturated heterocycles. The minimum atomic E-state index is 0.361. The molecule has 1 fully saturated rings. The zero-order chi connectivity index (χ0) is 15.2. The summed E-state index contributed by atoms with van der Waals surface area (Å²) < 4.78 is 5.79. The number of nitrogens with one attached hydrogen (secondary N) is 1. The van der Waals surface area contributed by atoms with Gasteiger partial charge in [0.05, 0.1) is 12.7 Å². The van der Waals surface area contributed by atoms with Gasteiger partial charge in [0.1, 0.15) is 0 Å². The van der Waals surface area contributed by atoms with Crippen molar-refractivity contribution >= 4 is 0 Å². The van der Waals surface area contributed by atoms with Crippen molar-refractivity contribution in [2.24, 2.45) is 0 Å². The molecule has 1 heterocycles. The van der Waals surface area contributed by atoms with Crippen LogP contribution in [0.3, 0.4) is 0 Å². The largest absolute Gasteiger partial charge is 0.376 e. The van der Waals surface area contributed by atoms with Gasteiger partial charge in [-0.3, -0.25) is 4.90 Å². The van der Waals surface area contributed by atoms with E-state index in [2.05, 4.69) is 62.3 Å². The molecule has 0 aliphatic carbocycles. The van der Waals surface area contributed by atoms with Crippen LogP contribution in [0.15, 0.2) is 24.3 Å². The van der Waals surface area contributed by atoms with Crippen molar-refractivity contribution in [1.29, 1.82) is 0 Å². The molecule has 1 aromatic carbocycles. The van der Waals surface area contributed by atoms with E-state index in [-0.39, 0.29) is 0 Å². The molecule has 3 heteroatoms. The summed E-state index contributed by atoms with van der Waals surface area (Å²) in [4.78, 5) is 2.60. The molecule has 1 aliphatic heterocycles. The van der Waals surface area contributed by atoms with Gasteiger partial charge in [-0.2, -0.15) is 0 Å². The van der Waals surface area contributed by atoms with Gasteiger partial charge in [0.25, 0.3) is 0 Å². The number of benzene rings is 1. The van der Waals surface area contributed by atoms with E-state index in [1.807, 2.05) is 0 Å². The molecule has 3 atom stereocenters. The molecule has 118 valence electrons. The highest BCUT2D eigenvalue weighted by Crippen LogP contribution is 2.20. The third kappa shape index (κ3) is 4.53. The molecule has 2 rings (SSSR count). The second-order valence-corrected chi connectivity index (χ2v) is 6.24. The molecular weight excluding hydrogens is 260 g/mol. The molecule has 3 unspecified atom stereocenters. The standard InChI is InChI=1S/C18H30N2O/c1-5-17-13-21-15(3)12-20(17)11-10-18(19-4)16-8-6-14(2)7-9-16/h6-9,15,17-19H,5,10-13H2,1-4H3. The lowest BCUT2D eigenvalue weighted by Gasteiger charge is -2.39. The number of aryl methyl sites for hydroxylation is 1. The SMILES string of the molecule is CCC1COC(C)CN1CCC(NC)c1ccc(C)cc1. The Morgan fingerprint density at radius 2 is 2.05 bits per heavy atom. The Morgan fingerprint density at radius 1 is 1.33 bits per heavy atom. The molecule has 1 aliphatic rings. The molecule has 0 bridgehead atoms. The van der Waals surface area contributed by atoms with Crippen LogP contribution in [0.5, 0.6) is 0 Å². The second kappa shape index (κ2) is 7.92. The zero-order valence-corrected chi connectivity index (χ0v) is 13.9. The fraction of sp³-hybridized carbons (Fsp3) is 0.667. The third-order valence-electron chi connectivity index (χ3n) is 4.59. The quantitative estimate of drug-likeness (QED) is 0.871. The number of rotatable bonds is 6. The van der Waals surface area contributed by atoms with Gasteiger partial charge >= 0.3 is 0 Å². The molecule has 0 radical (unpaired) electrons. The van der Waals surface area contributed by atoms with Crippen LogP contribution >= 0.6 is 0 Å². The van der Waals surface area contributed by atoms with Crippen molar-refractivity contribution in [1.82, 2.24) is 10.2 Å². The van der Waals surface area contributed by atoms with Crippen LogP contribution in [-0.4, -0.2) is 43.8 Å². The van der Waals surface area contributed by atoms with Crippen molar-refractivity contribution in [3.8, 4) is 0 Å². The molecular formula is C18H30N2O. The van der Waals surface area contributed by atoms with Gasteiger partial charge in [-0.05, 0) is 39.3 Å². The maximum atomic E-state index is 5.79. The Hall–Kier alpha value is -0.900. The summed E-state index contributed by atoms with van der Waals surface area (Å²) in [7, 11) is 2.06. The van der Waals surface area contributed by atoms with Crippen LogP contribution in [0.2, 0.25) is 0 Å². The van der Waals surface area contributed by atoms with E-state index in [1.165, 1.54) is 17.5 Å². The van der Waals surface area contributed by atoms with E-state index < -0.39 is 0 Å². The van der Waals surface area contributed by atoms with Gasteiger partial charge in [0.15, 0.2) is 0 Å². The van der Waals surface area contributed by atoms with Crippen LogP contribution in [0, 0.1) is 6.92 Å². The number of ether oxygens (including phenoxy) is 1. The maximum absolute atomic E-state index is 5.79. The van der Waals surface area contributed by atoms with Crippen LogP contribution in [0.25, 0.3) is 0 Å². The van der Waals surface area contributed by atoms with Crippen molar-refractivity contribution in [3.63, 3.8) is 0 Å². The minimum absolute atomic E-state index is 0.361. The van der Waals surface area contributed by atoms with Gasteiger partial charge < -0.3 is 10.1 Å². The van der Waals surface area contributed by atoms with E-state index in [0.717, 1.165) is 26.1 Å². The number of morpholine rings is 1. The lowest BCUT2D eigenvalue weighted by molar-refractivity contribution is -0.0566. The van der Waals surface area contributed by atoms with Crippen LogP contribution in [-0.2, 0) is 4.74 Å². The van der Waals surface area contributed by atoms with Gasteiger partial charge in [-0.25, -0.2) is 0 Å². The first-order valence-corrected chi connectivity index (χ1v) is 8.23. The average molecular weight is 290 g/mol. The number of nitrogens with zero attached hydrogens (tertiary/aromatic N) is 1. The van der Waals surface area contributed by atoms with Gasteiger partial charge in [0, 0.05) is 25.2 Å². The summed E-state index contributed by atoms with van der Waals surface area (Å²) in [5, 5.41) is 3.46. The molecule has 21 heavy (non-hydrogen) atoms. The summed E-state index contributed by atoms with van der Waals surface area (Å²) >= 11 is 0. The van der Waals surface area contributed by atoms with E-state index >= 15 is 0 Å². The van der Waals surface area contributed by atoms with Crippen LogP contribution in [0.1, 0.15) is 43.9 Å². The van der Waals surface area contributed by atoms with Gasteiger partial charge in [0.2, 0.25) is 0 Å². The highest BCUT2D eigenvalue weighted by molar-refractivity contribution is 5.24. The Labute approximate surface area is 129 Å². The molecule has 0 aromatic heterocycles. The Morgan fingerprint density at radius 3 is 2.67 bits per heavy atom. The topological polar surface area (TPSA) is 24.5 Å². The first kappa shape index (κ1) is 16.5. The minimum Gasteiger partial charge on any atom is -0.376 e. The second-order valence-electron chi connectivity index (χ2n) is 6.24. The Kier molecular flexibility index (Phi) is 6.22. The van der Waals surface area contributed by atoms with Crippen LogP contribution < -0.4 is 5.32 Å². The summed E-state index contributed by atoms with van der Waals surface area (Å²) in [6.07, 6.45) is 2.67. The Bertz CT molecular complexity index is 418. The highest BCUT2D eigenvalue weighted by atomic mass is 16.5. The highest BCUT2D eigenvalue weighted by Gasteiger charge is 2.25. The molecule has 3 nitrogen and oxygen atoms in total. The maximum Gasteiger partial charge on any atom is 0.0674 e. The van der Waals surface area contributed by atoms with Crippen LogP contribution in [0.4, 0.5) is 0 Å². The lowest BCUT2D eigenvalue weighted by Crippen LogP contribution is -2.49. The first-order chi connectivity index (χ1) is 10.1. The average Bonchev–Trinajstić information content (AvgIpc) is 2.50. The van der Waals surface area contributed by atoms with Gasteiger partial charge in [-0.1, -0.05) is 36.8 Å². The predicted molar refractivity (Wildman–Crippen MR) is 88.7 cm³/mol. The molecule has 1 aromatic rings. The summed E-state index contributed by atoms with van der Waals surface area (Å²) in [5.41, 5.74) is 2.71. The van der Waals surface area contributed by atoms with Crippen molar-refractivity contribution < 1.29 is 4.74 Å². The number of hydrogen-bond acceptors (Lipinski definition) is 3. The predicted octanol–water partition coefficient (Wildman–Crippen LogP) is 3.14. The summed E-state index contributed by atoms with van der Waals surface area (Å²) in [6.45, 7) is 9.64. The van der Waals surface area contributed by atoms with E-state index in [9.17, 15) is 0 Å². The van der Waals surface area contributed by atoms with Crippen molar-refractivity contribution in [3.05, 3.63) is 35.4 Å². The monoisotopic (exact) mass is 290 g/mol. The molecule has 0 saturated carbocycles. The summed E-state index contributed by atoms with van der Waals surface area (Å²) in [5.74, 6) is 0.